The van der Waals surface area contributed by atoms with E-state index in [0.717, 1.165) is 25.8 Å². The maximum Gasteiger partial charge on any atom is 0.0711 e. The lowest BCUT2D eigenvalue weighted by Gasteiger charge is -2.52. The normalized spacial score (nSPS) is 31.8. The Morgan fingerprint density at radius 1 is 1.18 bits per heavy atom. The van der Waals surface area contributed by atoms with Crippen molar-refractivity contribution in [3.63, 3.8) is 0 Å². The Hall–Kier alpha value is -1.12. The zero-order valence-electron chi connectivity index (χ0n) is 14.0. The molecule has 0 spiro atoms. The molecule has 2 aliphatic rings. The zero-order chi connectivity index (χ0) is 15.6. The van der Waals surface area contributed by atoms with Crippen LogP contribution in [0.2, 0.25) is 0 Å². The molecule has 0 radical (unpaired) electrons. The molecule has 0 aliphatic carbocycles. The molecule has 2 unspecified atom stereocenters. The van der Waals surface area contributed by atoms with Crippen LogP contribution in [0.4, 0.5) is 0 Å². The first-order chi connectivity index (χ1) is 10.6. The third-order valence-corrected chi connectivity index (χ3v) is 5.34. The highest BCUT2D eigenvalue weighted by molar-refractivity contribution is 5.16. The number of piperidine rings is 2. The van der Waals surface area contributed by atoms with Gasteiger partial charge < -0.3 is 5.11 Å². The van der Waals surface area contributed by atoms with Crippen molar-refractivity contribution < 1.29 is 5.11 Å². The summed E-state index contributed by atoms with van der Waals surface area (Å²) in [5.74, 6) is 0. The standard InChI is InChI=1S/C20H29NO/c1-16(2)11-12-20(22)13-18-9-6-10-19(14-20)21(18)15-17-7-4-3-5-8-17/h3-5,7-8,11,18-19,22H,6,9-10,12-15H2,1-2H3. The number of hydrogen-bond donors (Lipinski definition) is 1. The van der Waals surface area contributed by atoms with Crippen molar-refractivity contribution in [2.24, 2.45) is 0 Å². The van der Waals surface area contributed by atoms with Crippen molar-refractivity contribution in [3.05, 3.63) is 47.5 Å². The largest absolute Gasteiger partial charge is 0.389 e. The predicted molar refractivity (Wildman–Crippen MR) is 91.6 cm³/mol. The monoisotopic (exact) mass is 299 g/mol. The lowest BCUT2D eigenvalue weighted by atomic mass is 9.74. The van der Waals surface area contributed by atoms with Crippen LogP contribution in [0.15, 0.2) is 42.0 Å². The van der Waals surface area contributed by atoms with Gasteiger partial charge in [0.05, 0.1) is 5.60 Å². The average molecular weight is 299 g/mol. The molecule has 2 saturated heterocycles. The Balaban J connectivity index is 1.72. The summed E-state index contributed by atoms with van der Waals surface area (Å²) in [6.45, 7) is 5.28. The quantitative estimate of drug-likeness (QED) is 0.838. The summed E-state index contributed by atoms with van der Waals surface area (Å²) in [5, 5.41) is 11.0. The summed E-state index contributed by atoms with van der Waals surface area (Å²) < 4.78 is 0. The van der Waals surface area contributed by atoms with E-state index in [1.807, 2.05) is 0 Å². The number of fused-ring (bicyclic) bond motifs is 2. The van der Waals surface area contributed by atoms with Gasteiger partial charge in [0.15, 0.2) is 0 Å². The maximum atomic E-state index is 11.0. The van der Waals surface area contributed by atoms with Crippen LogP contribution < -0.4 is 0 Å². The Labute approximate surface area is 134 Å². The lowest BCUT2D eigenvalue weighted by Crippen LogP contribution is -2.57. The van der Waals surface area contributed by atoms with Gasteiger partial charge in [-0.3, -0.25) is 4.90 Å². The first kappa shape index (κ1) is 15.8. The Morgan fingerprint density at radius 2 is 1.82 bits per heavy atom. The molecule has 2 aliphatic heterocycles. The molecule has 2 heteroatoms. The average Bonchev–Trinajstić information content (AvgIpc) is 2.48. The smallest absolute Gasteiger partial charge is 0.0711 e. The van der Waals surface area contributed by atoms with Crippen molar-refractivity contribution >= 4 is 0 Å². The molecule has 120 valence electrons. The fraction of sp³-hybridized carbons (Fsp3) is 0.600. The molecule has 0 amide bonds. The minimum Gasteiger partial charge on any atom is -0.389 e. The van der Waals surface area contributed by atoms with E-state index < -0.39 is 5.60 Å². The highest BCUT2D eigenvalue weighted by atomic mass is 16.3. The molecule has 3 rings (SSSR count). The van der Waals surface area contributed by atoms with Gasteiger partial charge in [0.25, 0.3) is 0 Å². The van der Waals surface area contributed by atoms with Crippen LogP contribution in [-0.4, -0.2) is 27.7 Å². The van der Waals surface area contributed by atoms with Gasteiger partial charge in [-0.1, -0.05) is 48.4 Å². The van der Waals surface area contributed by atoms with Gasteiger partial charge in [0.2, 0.25) is 0 Å². The summed E-state index contributed by atoms with van der Waals surface area (Å²) in [4.78, 5) is 2.66. The van der Waals surface area contributed by atoms with Crippen LogP contribution in [-0.2, 0) is 6.54 Å². The molecular weight excluding hydrogens is 270 g/mol. The number of allylic oxidation sites excluding steroid dienone is 1. The topological polar surface area (TPSA) is 23.5 Å². The first-order valence-electron chi connectivity index (χ1n) is 8.71. The minimum absolute atomic E-state index is 0.486. The van der Waals surface area contributed by atoms with Crippen molar-refractivity contribution in [2.75, 3.05) is 0 Å². The highest BCUT2D eigenvalue weighted by Crippen LogP contribution is 2.41. The number of nitrogens with zero attached hydrogens (tertiary/aromatic N) is 1. The predicted octanol–water partition coefficient (Wildman–Crippen LogP) is 4.29. The second-order valence-electron chi connectivity index (χ2n) is 7.51. The molecule has 2 nitrogen and oxygen atoms in total. The van der Waals surface area contributed by atoms with Crippen molar-refractivity contribution in [1.82, 2.24) is 4.90 Å². The number of aliphatic hydroxyl groups is 1. The maximum absolute atomic E-state index is 11.0. The summed E-state index contributed by atoms with van der Waals surface area (Å²) in [5.41, 5.74) is 2.22. The van der Waals surface area contributed by atoms with Gasteiger partial charge in [-0.05, 0) is 51.5 Å². The van der Waals surface area contributed by atoms with Crippen LogP contribution in [0.25, 0.3) is 0 Å². The third kappa shape index (κ3) is 3.61. The molecule has 0 saturated carbocycles. The van der Waals surface area contributed by atoms with Gasteiger partial charge >= 0.3 is 0 Å². The highest BCUT2D eigenvalue weighted by Gasteiger charge is 2.44. The van der Waals surface area contributed by atoms with Gasteiger partial charge in [-0.15, -0.1) is 0 Å². The van der Waals surface area contributed by atoms with Crippen LogP contribution in [0, 0.1) is 0 Å². The molecule has 1 N–H and O–H groups in total. The van der Waals surface area contributed by atoms with Crippen LogP contribution in [0.5, 0.6) is 0 Å². The fourth-order valence-electron chi connectivity index (χ4n) is 4.23. The van der Waals surface area contributed by atoms with E-state index in [-0.39, 0.29) is 0 Å². The van der Waals surface area contributed by atoms with Crippen molar-refractivity contribution in [2.45, 2.75) is 76.6 Å². The van der Waals surface area contributed by atoms with Crippen LogP contribution in [0.1, 0.15) is 57.9 Å². The summed E-state index contributed by atoms with van der Waals surface area (Å²) >= 11 is 0. The Morgan fingerprint density at radius 3 is 2.41 bits per heavy atom. The molecule has 22 heavy (non-hydrogen) atoms. The molecule has 0 aromatic heterocycles. The Kier molecular flexibility index (Phi) is 4.70. The fourth-order valence-corrected chi connectivity index (χ4v) is 4.23. The number of rotatable bonds is 4. The van der Waals surface area contributed by atoms with E-state index in [4.69, 9.17) is 0 Å². The van der Waals surface area contributed by atoms with Gasteiger partial charge in [0.1, 0.15) is 0 Å². The molecule has 1 aromatic rings. The van der Waals surface area contributed by atoms with Gasteiger partial charge in [-0.25, -0.2) is 0 Å². The van der Waals surface area contributed by atoms with E-state index in [0.29, 0.717) is 12.1 Å². The van der Waals surface area contributed by atoms with E-state index in [9.17, 15) is 5.11 Å². The van der Waals surface area contributed by atoms with Gasteiger partial charge in [-0.2, -0.15) is 0 Å². The minimum atomic E-state index is -0.486. The second kappa shape index (κ2) is 6.55. The van der Waals surface area contributed by atoms with E-state index in [2.05, 4.69) is 55.2 Å². The molecule has 2 fully saturated rings. The SMILES string of the molecule is CC(C)=CCC1(O)CC2CCCC(C1)N2Cc1ccccc1. The van der Waals surface area contributed by atoms with Gasteiger partial charge in [0, 0.05) is 18.6 Å². The molecule has 2 bridgehead atoms. The summed E-state index contributed by atoms with van der Waals surface area (Å²) in [7, 11) is 0. The van der Waals surface area contributed by atoms with E-state index in [1.54, 1.807) is 0 Å². The molecule has 2 atom stereocenters. The molecule has 2 heterocycles. The lowest BCUT2D eigenvalue weighted by molar-refractivity contribution is -0.0934. The first-order valence-corrected chi connectivity index (χ1v) is 8.71. The van der Waals surface area contributed by atoms with Crippen LogP contribution >= 0.6 is 0 Å². The van der Waals surface area contributed by atoms with Crippen LogP contribution in [0.3, 0.4) is 0 Å². The number of hydrogen-bond acceptors (Lipinski definition) is 2. The zero-order valence-corrected chi connectivity index (χ0v) is 14.0. The van der Waals surface area contributed by atoms with E-state index >= 15 is 0 Å². The van der Waals surface area contributed by atoms with Crippen molar-refractivity contribution in [1.29, 1.82) is 0 Å². The summed E-state index contributed by atoms with van der Waals surface area (Å²) in [6, 6.07) is 11.9. The second-order valence-corrected chi connectivity index (χ2v) is 7.51. The third-order valence-electron chi connectivity index (χ3n) is 5.34. The molecular formula is C20H29NO. The molecule has 1 aromatic carbocycles. The van der Waals surface area contributed by atoms with Crippen molar-refractivity contribution in [3.8, 4) is 0 Å². The Bertz CT molecular complexity index is 504. The summed E-state index contributed by atoms with van der Waals surface area (Å²) in [6.07, 6.45) is 8.69. The van der Waals surface area contributed by atoms with E-state index in [1.165, 1.54) is 30.4 Å². The number of benzene rings is 1.